The van der Waals surface area contributed by atoms with Crippen molar-refractivity contribution >= 4 is 34.8 Å². The van der Waals surface area contributed by atoms with Gasteiger partial charge in [-0.1, -0.05) is 56.6 Å². The third-order valence-electron chi connectivity index (χ3n) is 6.45. The Hall–Kier alpha value is -3.14. The van der Waals surface area contributed by atoms with Gasteiger partial charge in [-0.15, -0.1) is 11.3 Å². The lowest BCUT2D eigenvalue weighted by Crippen LogP contribution is -2.62. The molecule has 1 amide bonds. The van der Waals surface area contributed by atoms with Gasteiger partial charge in [0.2, 0.25) is 5.91 Å². The van der Waals surface area contributed by atoms with Gasteiger partial charge in [-0.25, -0.2) is 0 Å². The van der Waals surface area contributed by atoms with E-state index in [1.807, 2.05) is 36.6 Å². The first-order valence-corrected chi connectivity index (χ1v) is 12.2. The van der Waals surface area contributed by atoms with Gasteiger partial charge in [0, 0.05) is 16.9 Å². The summed E-state index contributed by atoms with van der Waals surface area (Å²) in [6.45, 7) is 8.46. The molecular weight excluding hydrogens is 464 g/mol. The standard InChI is InChI=1S/C27H27ClN4OS/c1-26(2,3)20-8-6-17(7-9-20)23-24(33)32(5)25(30)31-27(23,4)22-13-19(15-34-22)18-10-16(14-29)11-21(28)12-18/h6-13,15,23H,1-5H3,(H2,30,31)/t23?,27-/m1/s1. The van der Waals surface area contributed by atoms with Gasteiger partial charge in [0.1, 0.15) is 0 Å². The van der Waals surface area contributed by atoms with Crippen LogP contribution in [0.1, 0.15) is 55.2 Å². The molecular formula is C27H27ClN4OS. The number of amides is 1. The first-order valence-electron chi connectivity index (χ1n) is 11.0. The highest BCUT2D eigenvalue weighted by Crippen LogP contribution is 2.44. The van der Waals surface area contributed by atoms with E-state index in [-0.39, 0.29) is 17.3 Å². The highest BCUT2D eigenvalue weighted by molar-refractivity contribution is 7.10. The predicted molar refractivity (Wildman–Crippen MR) is 138 cm³/mol. The summed E-state index contributed by atoms with van der Waals surface area (Å²) in [7, 11) is 1.63. The van der Waals surface area contributed by atoms with Gasteiger partial charge < -0.3 is 5.32 Å². The predicted octanol–water partition coefficient (Wildman–Crippen LogP) is 6.23. The van der Waals surface area contributed by atoms with Crippen LogP contribution in [0.15, 0.2) is 53.9 Å². The van der Waals surface area contributed by atoms with Crippen molar-refractivity contribution in [2.75, 3.05) is 7.05 Å². The maximum Gasteiger partial charge on any atom is 0.239 e. The van der Waals surface area contributed by atoms with E-state index in [4.69, 9.17) is 17.0 Å². The van der Waals surface area contributed by atoms with Gasteiger partial charge >= 0.3 is 0 Å². The second kappa shape index (κ2) is 8.57. The van der Waals surface area contributed by atoms with Crippen molar-refractivity contribution in [3.05, 3.63) is 80.5 Å². The SMILES string of the molecule is CN1C(=N)N[C@](C)(c2cc(-c3cc(Cl)cc(C#N)c3)cs2)C(c2ccc(C(C)(C)C)cc2)C1=O. The average Bonchev–Trinajstić information content (AvgIpc) is 3.28. The van der Waals surface area contributed by atoms with Gasteiger partial charge in [0.25, 0.3) is 0 Å². The normalized spacial score (nSPS) is 20.7. The van der Waals surface area contributed by atoms with E-state index < -0.39 is 11.5 Å². The first kappa shape index (κ1) is 24.0. The fourth-order valence-electron chi connectivity index (χ4n) is 4.39. The van der Waals surface area contributed by atoms with Crippen LogP contribution in [-0.4, -0.2) is 23.8 Å². The van der Waals surface area contributed by atoms with Crippen molar-refractivity contribution in [1.29, 1.82) is 10.7 Å². The van der Waals surface area contributed by atoms with Crippen molar-refractivity contribution in [3.63, 3.8) is 0 Å². The number of hydrogen-bond donors (Lipinski definition) is 2. The molecule has 2 atom stereocenters. The lowest BCUT2D eigenvalue weighted by Gasteiger charge is -2.45. The smallest absolute Gasteiger partial charge is 0.239 e. The fraction of sp³-hybridized carbons (Fsp3) is 0.296. The van der Waals surface area contributed by atoms with Crippen LogP contribution in [0.4, 0.5) is 0 Å². The summed E-state index contributed by atoms with van der Waals surface area (Å²) in [4.78, 5) is 15.8. The Kier molecular flexibility index (Phi) is 6.05. The molecule has 2 aromatic carbocycles. The maximum absolute atomic E-state index is 13.5. The van der Waals surface area contributed by atoms with Crippen LogP contribution < -0.4 is 5.32 Å². The van der Waals surface area contributed by atoms with E-state index in [9.17, 15) is 10.1 Å². The van der Waals surface area contributed by atoms with Gasteiger partial charge in [0.05, 0.1) is 23.1 Å². The van der Waals surface area contributed by atoms with Crippen LogP contribution in [0.25, 0.3) is 11.1 Å². The van der Waals surface area contributed by atoms with E-state index in [2.05, 4.69) is 44.3 Å². The molecule has 34 heavy (non-hydrogen) atoms. The summed E-state index contributed by atoms with van der Waals surface area (Å²) in [6.07, 6.45) is 0. The lowest BCUT2D eigenvalue weighted by atomic mass is 9.76. The van der Waals surface area contributed by atoms with Gasteiger partial charge in [-0.05, 0) is 64.2 Å². The number of thiophene rings is 1. The molecule has 1 aromatic heterocycles. The third-order valence-corrected chi connectivity index (χ3v) is 7.84. The molecule has 2 heterocycles. The van der Waals surface area contributed by atoms with Crippen LogP contribution in [0.2, 0.25) is 5.02 Å². The van der Waals surface area contributed by atoms with Crippen LogP contribution in [0, 0.1) is 16.7 Å². The molecule has 0 radical (unpaired) electrons. The molecule has 1 aliphatic rings. The molecule has 1 saturated heterocycles. The quantitative estimate of drug-likeness (QED) is 0.456. The Bertz CT molecular complexity index is 1320. The summed E-state index contributed by atoms with van der Waals surface area (Å²) in [5.74, 6) is -0.570. The molecule has 0 bridgehead atoms. The van der Waals surface area contributed by atoms with E-state index >= 15 is 0 Å². The number of nitriles is 1. The van der Waals surface area contributed by atoms with Gasteiger partial charge in [0.15, 0.2) is 5.96 Å². The number of guanidine groups is 1. The number of carbonyl (C=O) groups excluding carboxylic acids is 1. The molecule has 0 saturated carbocycles. The fourth-order valence-corrected chi connectivity index (χ4v) is 5.69. The van der Waals surface area contributed by atoms with E-state index in [1.54, 1.807) is 19.2 Å². The number of rotatable bonds is 3. The topological polar surface area (TPSA) is 80.0 Å². The van der Waals surface area contributed by atoms with Crippen LogP contribution in [-0.2, 0) is 15.7 Å². The molecule has 2 N–H and O–H groups in total. The number of benzene rings is 2. The number of halogens is 1. The highest BCUT2D eigenvalue weighted by atomic mass is 35.5. The molecule has 3 aromatic rings. The lowest BCUT2D eigenvalue weighted by molar-refractivity contribution is -0.131. The molecule has 4 rings (SSSR count). The van der Waals surface area contributed by atoms with Crippen LogP contribution in [0.5, 0.6) is 0 Å². The molecule has 174 valence electrons. The molecule has 5 nitrogen and oxygen atoms in total. The molecule has 0 spiro atoms. The zero-order chi connectivity index (χ0) is 24.8. The molecule has 1 aliphatic heterocycles. The van der Waals surface area contributed by atoms with Gasteiger partial charge in [-0.2, -0.15) is 5.26 Å². The van der Waals surface area contributed by atoms with Crippen molar-refractivity contribution in [3.8, 4) is 17.2 Å². The summed E-state index contributed by atoms with van der Waals surface area (Å²) < 4.78 is 0. The Morgan fingerprint density at radius 1 is 1.15 bits per heavy atom. The minimum Gasteiger partial charge on any atom is -0.345 e. The molecule has 7 heteroatoms. The van der Waals surface area contributed by atoms with E-state index in [1.165, 1.54) is 21.8 Å². The average molecular weight is 491 g/mol. The number of hydrogen-bond acceptors (Lipinski definition) is 4. The monoisotopic (exact) mass is 490 g/mol. The Balaban J connectivity index is 1.80. The highest BCUT2D eigenvalue weighted by Gasteiger charge is 2.49. The summed E-state index contributed by atoms with van der Waals surface area (Å²) in [5, 5.41) is 23.5. The summed E-state index contributed by atoms with van der Waals surface area (Å²) in [5.41, 5.74) is 3.55. The minimum absolute atomic E-state index is 0.0114. The largest absolute Gasteiger partial charge is 0.345 e. The van der Waals surface area contributed by atoms with Crippen molar-refractivity contribution in [1.82, 2.24) is 10.2 Å². The number of carbonyl (C=O) groups is 1. The second-order valence-electron chi connectivity index (χ2n) is 9.92. The van der Waals surface area contributed by atoms with Crippen LogP contribution >= 0.6 is 22.9 Å². The van der Waals surface area contributed by atoms with Crippen molar-refractivity contribution < 1.29 is 4.79 Å². The first-order chi connectivity index (χ1) is 15.9. The van der Waals surface area contributed by atoms with Crippen molar-refractivity contribution in [2.45, 2.75) is 44.6 Å². The number of nitrogens with one attached hydrogen (secondary N) is 2. The van der Waals surface area contributed by atoms with Crippen LogP contribution in [0.3, 0.4) is 0 Å². The second-order valence-corrected chi connectivity index (χ2v) is 11.3. The number of likely N-dealkylation sites (N-methyl/N-ethyl adjacent to an activating group) is 1. The zero-order valence-electron chi connectivity index (χ0n) is 19.9. The number of nitrogens with zero attached hydrogens (tertiary/aromatic N) is 2. The van der Waals surface area contributed by atoms with Crippen molar-refractivity contribution in [2.24, 2.45) is 0 Å². The Morgan fingerprint density at radius 2 is 1.82 bits per heavy atom. The van der Waals surface area contributed by atoms with E-state index in [0.29, 0.717) is 10.6 Å². The summed E-state index contributed by atoms with van der Waals surface area (Å²) >= 11 is 7.75. The third kappa shape index (κ3) is 4.22. The maximum atomic E-state index is 13.5. The minimum atomic E-state index is -0.816. The zero-order valence-corrected chi connectivity index (χ0v) is 21.4. The molecule has 1 fully saturated rings. The Labute approximate surface area is 209 Å². The summed E-state index contributed by atoms with van der Waals surface area (Å²) in [6, 6.07) is 17.6. The Morgan fingerprint density at radius 3 is 2.44 bits per heavy atom. The molecule has 1 unspecified atom stereocenters. The van der Waals surface area contributed by atoms with E-state index in [0.717, 1.165) is 21.6 Å². The molecule has 0 aliphatic carbocycles. The van der Waals surface area contributed by atoms with Gasteiger partial charge in [-0.3, -0.25) is 15.1 Å².